The van der Waals surface area contributed by atoms with Crippen LogP contribution in [0.2, 0.25) is 0 Å². The Morgan fingerprint density at radius 2 is 2.22 bits per heavy atom. The molecule has 3 nitrogen and oxygen atoms in total. The molecule has 2 rings (SSSR count). The Bertz CT molecular complexity index is 378. The van der Waals surface area contributed by atoms with E-state index in [1.807, 2.05) is 6.20 Å². The Hall–Kier alpha value is -1.09. The van der Waals surface area contributed by atoms with Crippen molar-refractivity contribution in [1.82, 2.24) is 9.88 Å². The maximum atomic E-state index is 4.32. The molecular weight excluding hydrogens is 222 g/mol. The van der Waals surface area contributed by atoms with Crippen molar-refractivity contribution in [3.63, 3.8) is 0 Å². The summed E-state index contributed by atoms with van der Waals surface area (Å²) in [6.07, 6.45) is 3.23. The number of anilines is 1. The van der Waals surface area contributed by atoms with Crippen molar-refractivity contribution in [2.45, 2.75) is 33.7 Å². The van der Waals surface area contributed by atoms with Crippen LogP contribution in [0.5, 0.6) is 0 Å². The van der Waals surface area contributed by atoms with Crippen LogP contribution in [0.25, 0.3) is 0 Å². The van der Waals surface area contributed by atoms with Gasteiger partial charge >= 0.3 is 0 Å². The Kier molecular flexibility index (Phi) is 4.59. The largest absolute Gasteiger partial charge is 0.370 e. The number of rotatable bonds is 4. The highest BCUT2D eigenvalue weighted by molar-refractivity contribution is 5.37. The molecule has 3 heteroatoms. The fourth-order valence-corrected chi connectivity index (χ4v) is 2.60. The molecule has 2 unspecified atom stereocenters. The molecule has 100 valence electrons. The van der Waals surface area contributed by atoms with E-state index in [1.54, 1.807) is 0 Å². The Morgan fingerprint density at radius 1 is 1.39 bits per heavy atom. The number of likely N-dealkylation sites (tertiary alicyclic amines) is 1. The van der Waals surface area contributed by atoms with Crippen molar-refractivity contribution >= 4 is 5.82 Å². The third-order valence-electron chi connectivity index (χ3n) is 4.01. The molecule has 1 aliphatic heterocycles. The first-order valence-electron chi connectivity index (χ1n) is 7.10. The predicted octanol–water partition coefficient (Wildman–Crippen LogP) is 2.99. The summed E-state index contributed by atoms with van der Waals surface area (Å²) < 4.78 is 0. The maximum Gasteiger partial charge on any atom is 0.126 e. The first kappa shape index (κ1) is 13.3. The molecule has 1 aliphatic rings. The van der Waals surface area contributed by atoms with E-state index in [0.717, 1.165) is 30.7 Å². The summed E-state index contributed by atoms with van der Waals surface area (Å²) in [4.78, 5) is 6.88. The average Bonchev–Trinajstić information content (AvgIpc) is 2.35. The lowest BCUT2D eigenvalue weighted by Gasteiger charge is -2.35. The molecule has 2 heterocycles. The van der Waals surface area contributed by atoms with Crippen LogP contribution in [-0.2, 0) is 6.54 Å². The second-order valence-electron chi connectivity index (χ2n) is 5.56. The van der Waals surface area contributed by atoms with Gasteiger partial charge in [0.05, 0.1) is 0 Å². The topological polar surface area (TPSA) is 28.2 Å². The molecule has 18 heavy (non-hydrogen) atoms. The lowest BCUT2D eigenvalue weighted by molar-refractivity contribution is 0.132. The molecule has 1 N–H and O–H groups in total. The number of hydrogen-bond acceptors (Lipinski definition) is 3. The third kappa shape index (κ3) is 3.45. The van der Waals surface area contributed by atoms with Gasteiger partial charge in [-0.05, 0) is 49.4 Å². The van der Waals surface area contributed by atoms with Gasteiger partial charge in [-0.15, -0.1) is 0 Å². The Labute approximate surface area is 111 Å². The molecule has 1 saturated heterocycles. The second-order valence-corrected chi connectivity index (χ2v) is 5.56. The second kappa shape index (κ2) is 6.19. The molecule has 0 aromatic carbocycles. The Balaban J connectivity index is 1.94. The number of aromatic nitrogens is 1. The van der Waals surface area contributed by atoms with Gasteiger partial charge < -0.3 is 5.32 Å². The summed E-state index contributed by atoms with van der Waals surface area (Å²) >= 11 is 0. The summed E-state index contributed by atoms with van der Waals surface area (Å²) in [6.45, 7) is 11.3. The van der Waals surface area contributed by atoms with Crippen LogP contribution >= 0.6 is 0 Å². The fraction of sp³-hybridized carbons (Fsp3) is 0.667. The standard InChI is InChI=1S/C15H25N3/c1-4-16-15-9-14(5-7-17-15)11-18-8-6-12(2)13(3)10-18/h5,7,9,12-13H,4,6,8,10-11H2,1-3H3,(H,16,17). The molecule has 0 amide bonds. The van der Waals surface area contributed by atoms with Gasteiger partial charge in [0.25, 0.3) is 0 Å². The normalized spacial score (nSPS) is 25.1. The van der Waals surface area contributed by atoms with Gasteiger partial charge in [0.1, 0.15) is 5.82 Å². The van der Waals surface area contributed by atoms with Crippen molar-refractivity contribution in [2.75, 3.05) is 25.0 Å². The molecule has 0 bridgehead atoms. The van der Waals surface area contributed by atoms with Crippen LogP contribution in [0.3, 0.4) is 0 Å². The lowest BCUT2D eigenvalue weighted by Crippen LogP contribution is -2.37. The minimum Gasteiger partial charge on any atom is -0.370 e. The van der Waals surface area contributed by atoms with Gasteiger partial charge in [-0.25, -0.2) is 4.98 Å². The van der Waals surface area contributed by atoms with Crippen molar-refractivity contribution in [3.8, 4) is 0 Å². The number of pyridine rings is 1. The maximum absolute atomic E-state index is 4.32. The van der Waals surface area contributed by atoms with Crippen LogP contribution in [0.15, 0.2) is 18.3 Å². The van der Waals surface area contributed by atoms with Crippen LogP contribution in [-0.4, -0.2) is 29.5 Å². The van der Waals surface area contributed by atoms with Crippen molar-refractivity contribution in [3.05, 3.63) is 23.9 Å². The number of nitrogens with one attached hydrogen (secondary N) is 1. The zero-order valence-electron chi connectivity index (χ0n) is 11.8. The van der Waals surface area contributed by atoms with Crippen LogP contribution in [0.1, 0.15) is 32.8 Å². The predicted molar refractivity (Wildman–Crippen MR) is 76.6 cm³/mol. The number of hydrogen-bond donors (Lipinski definition) is 1. The van der Waals surface area contributed by atoms with Gasteiger partial charge in [0.15, 0.2) is 0 Å². The van der Waals surface area contributed by atoms with E-state index < -0.39 is 0 Å². The van der Waals surface area contributed by atoms with Crippen molar-refractivity contribution < 1.29 is 0 Å². The first-order valence-corrected chi connectivity index (χ1v) is 7.10. The molecule has 1 fully saturated rings. The quantitative estimate of drug-likeness (QED) is 0.886. The van der Waals surface area contributed by atoms with Crippen LogP contribution in [0.4, 0.5) is 5.82 Å². The van der Waals surface area contributed by atoms with Crippen LogP contribution < -0.4 is 5.32 Å². The van der Waals surface area contributed by atoms with Gasteiger partial charge in [-0.3, -0.25) is 4.90 Å². The zero-order valence-corrected chi connectivity index (χ0v) is 11.8. The number of nitrogens with zero attached hydrogens (tertiary/aromatic N) is 2. The van der Waals surface area contributed by atoms with E-state index in [4.69, 9.17) is 0 Å². The molecule has 0 aliphatic carbocycles. The highest BCUT2D eigenvalue weighted by Crippen LogP contribution is 2.23. The van der Waals surface area contributed by atoms with Gasteiger partial charge in [0, 0.05) is 25.8 Å². The van der Waals surface area contributed by atoms with E-state index in [1.165, 1.54) is 25.1 Å². The zero-order chi connectivity index (χ0) is 13.0. The van der Waals surface area contributed by atoms with E-state index in [-0.39, 0.29) is 0 Å². The monoisotopic (exact) mass is 247 g/mol. The van der Waals surface area contributed by atoms with E-state index in [9.17, 15) is 0 Å². The van der Waals surface area contributed by atoms with Gasteiger partial charge in [-0.2, -0.15) is 0 Å². The molecule has 2 atom stereocenters. The lowest BCUT2D eigenvalue weighted by atomic mass is 9.88. The first-order chi connectivity index (χ1) is 8.69. The minimum absolute atomic E-state index is 0.814. The summed E-state index contributed by atoms with van der Waals surface area (Å²) in [5.41, 5.74) is 1.36. The summed E-state index contributed by atoms with van der Waals surface area (Å²) in [5.74, 6) is 2.68. The fourth-order valence-electron chi connectivity index (χ4n) is 2.60. The summed E-state index contributed by atoms with van der Waals surface area (Å²) in [6, 6.07) is 4.30. The highest BCUT2D eigenvalue weighted by atomic mass is 15.1. The van der Waals surface area contributed by atoms with E-state index in [0.29, 0.717) is 0 Å². The summed E-state index contributed by atoms with van der Waals surface area (Å²) in [7, 11) is 0. The smallest absolute Gasteiger partial charge is 0.126 e. The summed E-state index contributed by atoms with van der Waals surface area (Å²) in [5, 5.41) is 3.27. The molecule has 1 aromatic heterocycles. The van der Waals surface area contributed by atoms with E-state index in [2.05, 4.69) is 48.1 Å². The van der Waals surface area contributed by atoms with Gasteiger partial charge in [0.2, 0.25) is 0 Å². The minimum atomic E-state index is 0.814. The van der Waals surface area contributed by atoms with Crippen molar-refractivity contribution in [2.24, 2.45) is 11.8 Å². The van der Waals surface area contributed by atoms with Crippen molar-refractivity contribution in [1.29, 1.82) is 0 Å². The Morgan fingerprint density at radius 3 is 2.94 bits per heavy atom. The van der Waals surface area contributed by atoms with Crippen LogP contribution in [0, 0.1) is 11.8 Å². The third-order valence-corrected chi connectivity index (χ3v) is 4.01. The molecule has 0 radical (unpaired) electrons. The van der Waals surface area contributed by atoms with Gasteiger partial charge in [-0.1, -0.05) is 13.8 Å². The highest BCUT2D eigenvalue weighted by Gasteiger charge is 2.22. The number of piperidine rings is 1. The molecule has 1 aromatic rings. The molecular formula is C15H25N3. The SMILES string of the molecule is CCNc1cc(CN2CCC(C)C(C)C2)ccn1. The molecule has 0 spiro atoms. The molecule has 0 saturated carbocycles. The van der Waals surface area contributed by atoms with E-state index >= 15 is 0 Å². The average molecular weight is 247 g/mol.